The SMILES string of the molecule is c1cnc(NCc2cc3c(s2)CCC3)nc1. The highest BCUT2D eigenvalue weighted by Crippen LogP contribution is 2.30. The summed E-state index contributed by atoms with van der Waals surface area (Å²) >= 11 is 1.92. The van der Waals surface area contributed by atoms with Crippen LogP contribution in [0.25, 0.3) is 0 Å². The monoisotopic (exact) mass is 231 g/mol. The number of nitrogens with one attached hydrogen (secondary N) is 1. The number of hydrogen-bond donors (Lipinski definition) is 1. The van der Waals surface area contributed by atoms with E-state index >= 15 is 0 Å². The van der Waals surface area contributed by atoms with Crippen LogP contribution in [0.2, 0.25) is 0 Å². The number of rotatable bonds is 3. The minimum Gasteiger partial charge on any atom is -0.349 e. The summed E-state index contributed by atoms with van der Waals surface area (Å²) in [5.41, 5.74) is 1.55. The van der Waals surface area contributed by atoms with Crippen molar-refractivity contribution in [3.63, 3.8) is 0 Å². The maximum atomic E-state index is 4.14. The highest BCUT2D eigenvalue weighted by molar-refractivity contribution is 7.12. The molecular formula is C12H13N3S. The van der Waals surface area contributed by atoms with Gasteiger partial charge in [-0.3, -0.25) is 0 Å². The van der Waals surface area contributed by atoms with E-state index in [0.717, 1.165) is 6.54 Å². The lowest BCUT2D eigenvalue weighted by Gasteiger charge is -2.01. The van der Waals surface area contributed by atoms with Crippen molar-refractivity contribution in [3.05, 3.63) is 39.8 Å². The molecule has 0 aromatic carbocycles. The summed E-state index contributed by atoms with van der Waals surface area (Å²) in [6.45, 7) is 0.835. The van der Waals surface area contributed by atoms with Crippen molar-refractivity contribution in [2.45, 2.75) is 25.8 Å². The van der Waals surface area contributed by atoms with E-state index in [1.165, 1.54) is 24.1 Å². The third kappa shape index (κ3) is 1.93. The Morgan fingerprint density at radius 1 is 1.25 bits per heavy atom. The number of aryl methyl sites for hydroxylation is 2. The number of anilines is 1. The molecule has 2 heterocycles. The van der Waals surface area contributed by atoms with Crippen LogP contribution in [0.15, 0.2) is 24.5 Å². The van der Waals surface area contributed by atoms with E-state index < -0.39 is 0 Å². The highest BCUT2D eigenvalue weighted by Gasteiger charge is 2.14. The molecule has 82 valence electrons. The van der Waals surface area contributed by atoms with Gasteiger partial charge in [0, 0.05) is 22.1 Å². The summed E-state index contributed by atoms with van der Waals surface area (Å²) in [4.78, 5) is 11.2. The average molecular weight is 231 g/mol. The van der Waals surface area contributed by atoms with Crippen molar-refractivity contribution in [2.75, 3.05) is 5.32 Å². The van der Waals surface area contributed by atoms with Crippen molar-refractivity contribution in [2.24, 2.45) is 0 Å². The summed E-state index contributed by atoms with van der Waals surface area (Å²) in [6, 6.07) is 4.15. The molecule has 16 heavy (non-hydrogen) atoms. The van der Waals surface area contributed by atoms with Crippen LogP contribution in [0.4, 0.5) is 5.95 Å². The van der Waals surface area contributed by atoms with Gasteiger partial charge in [-0.25, -0.2) is 9.97 Å². The lowest BCUT2D eigenvalue weighted by atomic mass is 10.2. The molecule has 3 rings (SSSR count). The van der Waals surface area contributed by atoms with Gasteiger partial charge >= 0.3 is 0 Å². The first-order valence-electron chi connectivity index (χ1n) is 5.53. The first-order valence-corrected chi connectivity index (χ1v) is 6.35. The summed E-state index contributed by atoms with van der Waals surface area (Å²) in [6.07, 6.45) is 7.36. The van der Waals surface area contributed by atoms with Crippen LogP contribution in [-0.4, -0.2) is 9.97 Å². The predicted molar refractivity (Wildman–Crippen MR) is 65.7 cm³/mol. The Hall–Kier alpha value is -1.42. The lowest BCUT2D eigenvalue weighted by molar-refractivity contribution is 0.913. The number of aromatic nitrogens is 2. The second-order valence-electron chi connectivity index (χ2n) is 3.94. The number of fused-ring (bicyclic) bond motifs is 1. The third-order valence-corrected chi connectivity index (χ3v) is 4.02. The van der Waals surface area contributed by atoms with E-state index in [1.807, 2.05) is 17.4 Å². The van der Waals surface area contributed by atoms with Gasteiger partial charge in [-0.1, -0.05) is 0 Å². The van der Waals surface area contributed by atoms with Crippen molar-refractivity contribution < 1.29 is 0 Å². The zero-order valence-electron chi connectivity index (χ0n) is 8.94. The first kappa shape index (κ1) is 9.78. The van der Waals surface area contributed by atoms with Gasteiger partial charge in [-0.2, -0.15) is 0 Å². The number of hydrogen-bond acceptors (Lipinski definition) is 4. The van der Waals surface area contributed by atoms with Crippen LogP contribution in [0.1, 0.15) is 21.7 Å². The van der Waals surface area contributed by atoms with Crippen LogP contribution in [-0.2, 0) is 19.4 Å². The Morgan fingerprint density at radius 3 is 2.94 bits per heavy atom. The van der Waals surface area contributed by atoms with E-state index in [9.17, 15) is 0 Å². The lowest BCUT2D eigenvalue weighted by Crippen LogP contribution is -2.01. The molecule has 0 bridgehead atoms. The second kappa shape index (κ2) is 4.22. The van der Waals surface area contributed by atoms with E-state index in [-0.39, 0.29) is 0 Å². The average Bonchev–Trinajstić information content (AvgIpc) is 2.88. The third-order valence-electron chi connectivity index (χ3n) is 2.78. The molecule has 0 atom stereocenters. The van der Waals surface area contributed by atoms with Gasteiger partial charge in [0.1, 0.15) is 0 Å². The molecule has 0 aliphatic heterocycles. The molecule has 3 nitrogen and oxygen atoms in total. The molecule has 0 saturated heterocycles. The van der Waals surface area contributed by atoms with Crippen molar-refractivity contribution in [3.8, 4) is 0 Å². The Balaban J connectivity index is 1.67. The molecule has 0 radical (unpaired) electrons. The van der Waals surface area contributed by atoms with Gasteiger partial charge in [0.15, 0.2) is 0 Å². The van der Waals surface area contributed by atoms with Gasteiger partial charge in [0.25, 0.3) is 0 Å². The second-order valence-corrected chi connectivity index (χ2v) is 5.16. The van der Waals surface area contributed by atoms with E-state index in [2.05, 4.69) is 21.4 Å². The van der Waals surface area contributed by atoms with E-state index in [0.29, 0.717) is 5.95 Å². The Kier molecular flexibility index (Phi) is 2.58. The van der Waals surface area contributed by atoms with Crippen LogP contribution in [0.3, 0.4) is 0 Å². The quantitative estimate of drug-likeness (QED) is 0.882. The normalized spacial score (nSPS) is 13.8. The van der Waals surface area contributed by atoms with Crippen molar-refractivity contribution in [1.82, 2.24) is 9.97 Å². The van der Waals surface area contributed by atoms with Crippen LogP contribution < -0.4 is 5.32 Å². The molecule has 0 fully saturated rings. The van der Waals surface area contributed by atoms with Crippen molar-refractivity contribution in [1.29, 1.82) is 0 Å². The van der Waals surface area contributed by atoms with Crippen LogP contribution >= 0.6 is 11.3 Å². The molecule has 1 aliphatic carbocycles. The molecule has 2 aromatic rings. The minimum absolute atomic E-state index is 0.705. The topological polar surface area (TPSA) is 37.8 Å². The summed E-state index contributed by atoms with van der Waals surface area (Å²) in [5.74, 6) is 0.705. The number of thiophene rings is 1. The van der Waals surface area contributed by atoms with E-state index in [4.69, 9.17) is 0 Å². The zero-order valence-corrected chi connectivity index (χ0v) is 9.76. The molecule has 4 heteroatoms. The van der Waals surface area contributed by atoms with Gasteiger partial charge in [0.05, 0.1) is 6.54 Å². The van der Waals surface area contributed by atoms with Gasteiger partial charge in [-0.05, 0) is 37.0 Å². The summed E-state index contributed by atoms with van der Waals surface area (Å²) in [7, 11) is 0. The first-order chi connectivity index (χ1) is 7.92. The Bertz CT molecular complexity index is 457. The number of nitrogens with zero attached hydrogens (tertiary/aromatic N) is 2. The Morgan fingerprint density at radius 2 is 2.12 bits per heavy atom. The van der Waals surface area contributed by atoms with Gasteiger partial charge in [0.2, 0.25) is 5.95 Å². The molecule has 0 saturated carbocycles. The molecule has 0 unspecified atom stereocenters. The fourth-order valence-electron chi connectivity index (χ4n) is 2.03. The Labute approximate surface area is 98.6 Å². The highest BCUT2D eigenvalue weighted by atomic mass is 32.1. The standard InChI is InChI=1S/C12H13N3S/c1-3-9-7-10(16-11(9)4-1)8-15-12-13-5-2-6-14-12/h2,5-7H,1,3-4,8H2,(H,13,14,15). The summed E-state index contributed by atoms with van der Waals surface area (Å²) < 4.78 is 0. The maximum absolute atomic E-state index is 4.14. The predicted octanol–water partition coefficient (Wildman–Crippen LogP) is 2.64. The molecule has 0 spiro atoms. The summed E-state index contributed by atoms with van der Waals surface area (Å²) in [5, 5.41) is 3.24. The van der Waals surface area contributed by atoms with Gasteiger partial charge in [-0.15, -0.1) is 11.3 Å². The molecule has 2 aromatic heterocycles. The molecule has 1 aliphatic rings. The maximum Gasteiger partial charge on any atom is 0.222 e. The van der Waals surface area contributed by atoms with Crippen LogP contribution in [0, 0.1) is 0 Å². The molecular weight excluding hydrogens is 218 g/mol. The zero-order chi connectivity index (χ0) is 10.8. The smallest absolute Gasteiger partial charge is 0.222 e. The largest absolute Gasteiger partial charge is 0.349 e. The fraction of sp³-hybridized carbons (Fsp3) is 0.333. The van der Waals surface area contributed by atoms with Crippen LogP contribution in [0.5, 0.6) is 0 Å². The molecule has 0 amide bonds. The molecule has 1 N–H and O–H groups in total. The minimum atomic E-state index is 0.705. The fourth-order valence-corrected chi connectivity index (χ4v) is 3.23. The van der Waals surface area contributed by atoms with E-state index in [1.54, 1.807) is 22.8 Å². The van der Waals surface area contributed by atoms with Gasteiger partial charge < -0.3 is 5.32 Å². The van der Waals surface area contributed by atoms with Crippen molar-refractivity contribution >= 4 is 17.3 Å².